The molecule has 2 rings (SSSR count). The molecule has 1 fully saturated rings. The maximum atomic E-state index is 11.7. The Morgan fingerprint density at radius 3 is 2.50 bits per heavy atom. The second-order valence-corrected chi connectivity index (χ2v) is 7.14. The largest absolute Gasteiger partial charge is 0.384 e. The van der Waals surface area contributed by atoms with Gasteiger partial charge in [0.25, 0.3) is 0 Å². The predicted octanol–water partition coefficient (Wildman–Crippen LogP) is 3.08. The van der Waals surface area contributed by atoms with Crippen molar-refractivity contribution in [3.63, 3.8) is 0 Å². The highest BCUT2D eigenvalue weighted by atomic mass is 32.2. The van der Waals surface area contributed by atoms with Crippen molar-refractivity contribution in [1.82, 2.24) is 0 Å². The molecule has 0 atom stereocenters. The van der Waals surface area contributed by atoms with Gasteiger partial charge in [-0.05, 0) is 30.9 Å². The van der Waals surface area contributed by atoms with Gasteiger partial charge in [0.05, 0.1) is 10.6 Å². The number of anilines is 1. The van der Waals surface area contributed by atoms with Crippen LogP contribution in [0.1, 0.15) is 32.1 Å². The third-order valence-corrected chi connectivity index (χ3v) is 4.75. The minimum absolute atomic E-state index is 0.404. The number of rotatable bonds is 4. The Morgan fingerprint density at radius 1 is 1.17 bits per heavy atom. The van der Waals surface area contributed by atoms with Crippen LogP contribution in [-0.2, 0) is 9.84 Å². The Bertz CT molecular complexity index is 490. The summed E-state index contributed by atoms with van der Waals surface area (Å²) in [7, 11) is -3.15. The summed E-state index contributed by atoms with van der Waals surface area (Å²) in [6, 6.07) is 7.15. The van der Waals surface area contributed by atoms with Gasteiger partial charge in [0.2, 0.25) is 0 Å². The van der Waals surface area contributed by atoms with E-state index in [1.807, 2.05) is 12.1 Å². The lowest BCUT2D eigenvalue weighted by molar-refractivity contribution is 0.373. The summed E-state index contributed by atoms with van der Waals surface area (Å²) in [5.74, 6) is 0.686. The molecule has 1 N–H and O–H groups in total. The highest BCUT2D eigenvalue weighted by molar-refractivity contribution is 7.90. The lowest BCUT2D eigenvalue weighted by atomic mass is 9.89. The highest BCUT2D eigenvalue weighted by Gasteiger charge is 2.16. The van der Waals surface area contributed by atoms with Crippen molar-refractivity contribution in [3.05, 3.63) is 24.3 Å². The summed E-state index contributed by atoms with van der Waals surface area (Å²) in [6.07, 6.45) is 7.73. The van der Waals surface area contributed by atoms with E-state index in [1.165, 1.54) is 38.4 Å². The average molecular weight is 267 g/mol. The summed E-state index contributed by atoms with van der Waals surface area (Å²) in [6.45, 7) is 0.881. The van der Waals surface area contributed by atoms with Gasteiger partial charge in [-0.3, -0.25) is 0 Å². The quantitative estimate of drug-likeness (QED) is 0.912. The third-order valence-electron chi connectivity index (χ3n) is 3.59. The fourth-order valence-electron chi connectivity index (χ4n) is 2.58. The normalized spacial score (nSPS) is 17.6. The van der Waals surface area contributed by atoms with Crippen LogP contribution in [0.2, 0.25) is 0 Å². The minimum Gasteiger partial charge on any atom is -0.384 e. The SMILES string of the molecule is CS(=O)(=O)c1ccccc1NCC1CCCCC1. The van der Waals surface area contributed by atoms with Gasteiger partial charge in [0, 0.05) is 12.8 Å². The van der Waals surface area contributed by atoms with Crippen LogP contribution in [0.3, 0.4) is 0 Å². The fourth-order valence-corrected chi connectivity index (χ4v) is 3.45. The number of hydrogen-bond acceptors (Lipinski definition) is 3. The predicted molar refractivity (Wildman–Crippen MR) is 74.6 cm³/mol. The summed E-state index contributed by atoms with van der Waals surface area (Å²) >= 11 is 0. The Labute approximate surface area is 110 Å². The average Bonchev–Trinajstić information content (AvgIpc) is 2.37. The molecule has 100 valence electrons. The Morgan fingerprint density at radius 2 is 1.83 bits per heavy atom. The first-order valence-corrected chi connectivity index (χ1v) is 8.49. The minimum atomic E-state index is -3.15. The maximum Gasteiger partial charge on any atom is 0.177 e. The van der Waals surface area contributed by atoms with Gasteiger partial charge >= 0.3 is 0 Å². The van der Waals surface area contributed by atoms with Gasteiger partial charge in [-0.25, -0.2) is 8.42 Å². The van der Waals surface area contributed by atoms with Crippen molar-refractivity contribution >= 4 is 15.5 Å². The van der Waals surface area contributed by atoms with Crippen LogP contribution in [0.5, 0.6) is 0 Å². The van der Waals surface area contributed by atoms with E-state index in [-0.39, 0.29) is 0 Å². The van der Waals surface area contributed by atoms with E-state index in [9.17, 15) is 8.42 Å². The van der Waals surface area contributed by atoms with E-state index in [1.54, 1.807) is 12.1 Å². The van der Waals surface area contributed by atoms with E-state index in [0.717, 1.165) is 12.2 Å². The molecule has 0 radical (unpaired) electrons. The van der Waals surface area contributed by atoms with Crippen LogP contribution in [0, 0.1) is 5.92 Å². The zero-order chi connectivity index (χ0) is 13.0. The molecule has 0 saturated heterocycles. The summed E-state index contributed by atoms with van der Waals surface area (Å²) in [5.41, 5.74) is 0.741. The fraction of sp³-hybridized carbons (Fsp3) is 0.571. The second kappa shape index (κ2) is 5.74. The van der Waals surface area contributed by atoms with E-state index < -0.39 is 9.84 Å². The number of hydrogen-bond donors (Lipinski definition) is 1. The molecule has 1 aromatic rings. The molecular weight excluding hydrogens is 246 g/mol. The first-order chi connectivity index (χ1) is 8.57. The highest BCUT2D eigenvalue weighted by Crippen LogP contribution is 2.26. The van der Waals surface area contributed by atoms with Crippen molar-refractivity contribution in [2.45, 2.75) is 37.0 Å². The molecule has 18 heavy (non-hydrogen) atoms. The van der Waals surface area contributed by atoms with Crippen molar-refractivity contribution in [2.75, 3.05) is 18.1 Å². The molecular formula is C14H21NO2S. The Balaban J connectivity index is 2.05. The van der Waals surface area contributed by atoms with Crippen molar-refractivity contribution in [2.24, 2.45) is 5.92 Å². The van der Waals surface area contributed by atoms with Crippen LogP contribution >= 0.6 is 0 Å². The zero-order valence-corrected chi connectivity index (χ0v) is 11.7. The van der Waals surface area contributed by atoms with Crippen LogP contribution in [0.25, 0.3) is 0 Å². The summed E-state index contributed by atoms with van der Waals surface area (Å²) in [4.78, 5) is 0.404. The van der Waals surface area contributed by atoms with Crippen molar-refractivity contribution in [3.8, 4) is 0 Å². The van der Waals surface area contributed by atoms with Crippen LogP contribution in [-0.4, -0.2) is 21.2 Å². The molecule has 0 aromatic heterocycles. The molecule has 1 saturated carbocycles. The van der Waals surface area contributed by atoms with Gasteiger partial charge in [0.1, 0.15) is 0 Å². The summed E-state index contributed by atoms with van der Waals surface area (Å²) < 4.78 is 23.3. The second-order valence-electron chi connectivity index (χ2n) is 5.15. The van der Waals surface area contributed by atoms with E-state index >= 15 is 0 Å². The first kappa shape index (κ1) is 13.4. The van der Waals surface area contributed by atoms with E-state index in [0.29, 0.717) is 10.8 Å². The molecule has 0 spiro atoms. The first-order valence-electron chi connectivity index (χ1n) is 6.60. The van der Waals surface area contributed by atoms with Crippen molar-refractivity contribution in [1.29, 1.82) is 0 Å². The molecule has 0 amide bonds. The lowest BCUT2D eigenvalue weighted by Gasteiger charge is -2.22. The number of nitrogens with one attached hydrogen (secondary N) is 1. The van der Waals surface area contributed by atoms with Crippen LogP contribution in [0.4, 0.5) is 5.69 Å². The molecule has 1 aliphatic carbocycles. The topological polar surface area (TPSA) is 46.2 Å². The molecule has 3 nitrogen and oxygen atoms in total. The monoisotopic (exact) mass is 267 g/mol. The smallest absolute Gasteiger partial charge is 0.177 e. The van der Waals surface area contributed by atoms with Gasteiger partial charge < -0.3 is 5.32 Å². The molecule has 1 aromatic carbocycles. The van der Waals surface area contributed by atoms with Gasteiger partial charge in [0.15, 0.2) is 9.84 Å². The lowest BCUT2D eigenvalue weighted by Crippen LogP contribution is -2.18. The van der Waals surface area contributed by atoms with Gasteiger partial charge in [-0.15, -0.1) is 0 Å². The molecule has 0 bridgehead atoms. The Kier molecular flexibility index (Phi) is 4.27. The maximum absolute atomic E-state index is 11.7. The van der Waals surface area contributed by atoms with Crippen LogP contribution < -0.4 is 5.32 Å². The molecule has 1 aliphatic rings. The number of para-hydroxylation sites is 1. The molecule has 0 heterocycles. The standard InChI is InChI=1S/C14H21NO2S/c1-18(16,17)14-10-6-5-9-13(14)15-11-12-7-3-2-4-8-12/h5-6,9-10,12,15H,2-4,7-8,11H2,1H3. The molecule has 0 aliphatic heterocycles. The summed E-state index contributed by atoms with van der Waals surface area (Å²) in [5, 5.41) is 3.31. The number of benzene rings is 1. The van der Waals surface area contributed by atoms with Gasteiger partial charge in [-0.2, -0.15) is 0 Å². The van der Waals surface area contributed by atoms with E-state index in [4.69, 9.17) is 0 Å². The Hall–Kier alpha value is -1.03. The molecule has 0 unspecified atom stereocenters. The van der Waals surface area contributed by atoms with Crippen LogP contribution in [0.15, 0.2) is 29.2 Å². The zero-order valence-electron chi connectivity index (χ0n) is 10.9. The molecule has 4 heteroatoms. The van der Waals surface area contributed by atoms with Gasteiger partial charge in [-0.1, -0.05) is 31.4 Å². The van der Waals surface area contributed by atoms with E-state index in [2.05, 4.69) is 5.32 Å². The third kappa shape index (κ3) is 3.48. The number of sulfone groups is 1. The van der Waals surface area contributed by atoms with Crippen molar-refractivity contribution < 1.29 is 8.42 Å².